The summed E-state index contributed by atoms with van der Waals surface area (Å²) in [7, 11) is 4.46. The molecule has 0 aliphatic carbocycles. The van der Waals surface area contributed by atoms with Gasteiger partial charge < -0.3 is 19.5 Å². The summed E-state index contributed by atoms with van der Waals surface area (Å²) in [6.07, 6.45) is 6.18. The number of rotatable bonds is 6. The van der Waals surface area contributed by atoms with E-state index in [0.29, 0.717) is 0 Å². The van der Waals surface area contributed by atoms with Gasteiger partial charge in [-0.2, -0.15) is 0 Å². The molecule has 4 heteroatoms. The molecule has 1 aliphatic heterocycles. The highest BCUT2D eigenvalue weighted by atomic mass is 16.3. The van der Waals surface area contributed by atoms with Crippen molar-refractivity contribution in [3.8, 4) is 0 Å². The maximum atomic E-state index is 5.04. The standard InChI is InChI=1S/C14H25N3O/c1-16-7-3-4-14(11-16)17(2)8-6-15-10-13-5-9-18-12-13/h5,9,12,14-15H,3-4,6-8,10-11H2,1-2H3. The molecule has 1 saturated heterocycles. The Kier molecular flexibility index (Phi) is 5.23. The molecule has 1 aromatic heterocycles. The Balaban J connectivity index is 1.60. The molecule has 1 unspecified atom stereocenters. The molecule has 18 heavy (non-hydrogen) atoms. The minimum Gasteiger partial charge on any atom is -0.472 e. The maximum absolute atomic E-state index is 5.04. The summed E-state index contributed by atoms with van der Waals surface area (Å²) in [5, 5.41) is 3.45. The summed E-state index contributed by atoms with van der Waals surface area (Å²) in [6, 6.07) is 2.73. The van der Waals surface area contributed by atoms with Gasteiger partial charge in [0.1, 0.15) is 0 Å². The van der Waals surface area contributed by atoms with Crippen LogP contribution in [-0.2, 0) is 6.54 Å². The quantitative estimate of drug-likeness (QED) is 0.774. The van der Waals surface area contributed by atoms with Crippen LogP contribution in [0.25, 0.3) is 0 Å². The molecule has 0 spiro atoms. The molecule has 0 bridgehead atoms. The first-order valence-corrected chi connectivity index (χ1v) is 6.86. The summed E-state index contributed by atoms with van der Waals surface area (Å²) in [5.74, 6) is 0. The third kappa shape index (κ3) is 4.12. The average molecular weight is 251 g/mol. The van der Waals surface area contributed by atoms with E-state index < -0.39 is 0 Å². The second-order valence-electron chi connectivity index (χ2n) is 5.35. The van der Waals surface area contributed by atoms with E-state index in [1.807, 2.05) is 6.07 Å². The third-order valence-electron chi connectivity index (χ3n) is 3.77. The van der Waals surface area contributed by atoms with Gasteiger partial charge in [-0.1, -0.05) is 0 Å². The number of likely N-dealkylation sites (tertiary alicyclic amines) is 1. The molecular formula is C14H25N3O. The fourth-order valence-electron chi connectivity index (χ4n) is 2.56. The van der Waals surface area contributed by atoms with E-state index in [4.69, 9.17) is 4.42 Å². The van der Waals surface area contributed by atoms with Crippen molar-refractivity contribution in [3.05, 3.63) is 24.2 Å². The van der Waals surface area contributed by atoms with Crippen LogP contribution in [0.4, 0.5) is 0 Å². The molecule has 0 radical (unpaired) electrons. The van der Waals surface area contributed by atoms with Crippen molar-refractivity contribution in [2.75, 3.05) is 40.3 Å². The number of hydrogen-bond donors (Lipinski definition) is 1. The van der Waals surface area contributed by atoms with Gasteiger partial charge in [-0.3, -0.25) is 0 Å². The summed E-state index contributed by atoms with van der Waals surface area (Å²) in [5.41, 5.74) is 1.22. The van der Waals surface area contributed by atoms with Gasteiger partial charge in [-0.25, -0.2) is 0 Å². The van der Waals surface area contributed by atoms with Gasteiger partial charge in [-0.05, 0) is 39.5 Å². The highest BCUT2D eigenvalue weighted by Crippen LogP contribution is 2.12. The van der Waals surface area contributed by atoms with Gasteiger partial charge in [0.15, 0.2) is 0 Å². The molecule has 102 valence electrons. The van der Waals surface area contributed by atoms with E-state index in [9.17, 15) is 0 Å². The number of furan rings is 1. The number of hydrogen-bond acceptors (Lipinski definition) is 4. The van der Waals surface area contributed by atoms with Gasteiger partial charge in [-0.15, -0.1) is 0 Å². The van der Waals surface area contributed by atoms with Crippen LogP contribution < -0.4 is 5.32 Å². The lowest BCUT2D eigenvalue weighted by atomic mass is 10.1. The second kappa shape index (κ2) is 6.92. The molecule has 1 fully saturated rings. The summed E-state index contributed by atoms with van der Waals surface area (Å²) in [6.45, 7) is 5.49. The Morgan fingerprint density at radius 1 is 1.56 bits per heavy atom. The lowest BCUT2D eigenvalue weighted by Crippen LogP contribution is -2.46. The Morgan fingerprint density at radius 3 is 3.17 bits per heavy atom. The lowest BCUT2D eigenvalue weighted by molar-refractivity contribution is 0.135. The van der Waals surface area contributed by atoms with E-state index in [2.05, 4.69) is 29.2 Å². The molecule has 1 atom stereocenters. The normalized spacial score (nSPS) is 21.6. The van der Waals surface area contributed by atoms with Gasteiger partial charge in [0.2, 0.25) is 0 Å². The van der Waals surface area contributed by atoms with Gasteiger partial charge in [0.25, 0.3) is 0 Å². The van der Waals surface area contributed by atoms with Crippen molar-refractivity contribution in [1.82, 2.24) is 15.1 Å². The van der Waals surface area contributed by atoms with Gasteiger partial charge in [0.05, 0.1) is 12.5 Å². The summed E-state index contributed by atoms with van der Waals surface area (Å²) >= 11 is 0. The predicted octanol–water partition coefficient (Wildman–Crippen LogP) is 1.40. The molecule has 1 aromatic rings. The summed E-state index contributed by atoms with van der Waals surface area (Å²) in [4.78, 5) is 4.92. The molecule has 2 rings (SSSR count). The molecule has 1 N–H and O–H groups in total. The molecule has 0 amide bonds. The van der Waals surface area contributed by atoms with Crippen molar-refractivity contribution in [1.29, 1.82) is 0 Å². The zero-order chi connectivity index (χ0) is 12.8. The minimum absolute atomic E-state index is 0.722. The first kappa shape index (κ1) is 13.6. The first-order valence-electron chi connectivity index (χ1n) is 6.86. The van der Waals surface area contributed by atoms with Gasteiger partial charge in [0, 0.05) is 37.8 Å². The fraction of sp³-hybridized carbons (Fsp3) is 0.714. The third-order valence-corrected chi connectivity index (χ3v) is 3.77. The molecule has 1 aliphatic rings. The van der Waals surface area contributed by atoms with Crippen LogP contribution in [-0.4, -0.2) is 56.1 Å². The molecule has 4 nitrogen and oxygen atoms in total. The van der Waals surface area contributed by atoms with Crippen molar-refractivity contribution >= 4 is 0 Å². The number of piperidine rings is 1. The first-order chi connectivity index (χ1) is 8.75. The Morgan fingerprint density at radius 2 is 2.44 bits per heavy atom. The van der Waals surface area contributed by atoms with E-state index in [-0.39, 0.29) is 0 Å². The predicted molar refractivity (Wildman–Crippen MR) is 73.6 cm³/mol. The van der Waals surface area contributed by atoms with Crippen LogP contribution in [0.1, 0.15) is 18.4 Å². The maximum Gasteiger partial charge on any atom is 0.0947 e. The largest absolute Gasteiger partial charge is 0.472 e. The van der Waals surface area contributed by atoms with Crippen LogP contribution >= 0.6 is 0 Å². The van der Waals surface area contributed by atoms with Crippen molar-refractivity contribution in [3.63, 3.8) is 0 Å². The van der Waals surface area contributed by atoms with Crippen molar-refractivity contribution < 1.29 is 4.42 Å². The Bertz CT molecular complexity index is 326. The molecule has 0 saturated carbocycles. The zero-order valence-electron chi connectivity index (χ0n) is 11.6. The SMILES string of the molecule is CN1CCCC(N(C)CCNCc2ccoc2)C1. The topological polar surface area (TPSA) is 31.6 Å². The van der Waals surface area contributed by atoms with Crippen molar-refractivity contribution in [2.45, 2.75) is 25.4 Å². The van der Waals surface area contributed by atoms with E-state index in [1.165, 1.54) is 31.5 Å². The lowest BCUT2D eigenvalue weighted by Gasteiger charge is -2.35. The van der Waals surface area contributed by atoms with Crippen LogP contribution in [0.3, 0.4) is 0 Å². The second-order valence-corrected chi connectivity index (χ2v) is 5.35. The van der Waals surface area contributed by atoms with E-state index >= 15 is 0 Å². The highest BCUT2D eigenvalue weighted by Gasteiger charge is 2.20. The summed E-state index contributed by atoms with van der Waals surface area (Å²) < 4.78 is 5.04. The monoisotopic (exact) mass is 251 g/mol. The van der Waals surface area contributed by atoms with Crippen LogP contribution in [0.15, 0.2) is 23.0 Å². The molecule has 2 heterocycles. The Labute approximate surface area is 110 Å². The molecular weight excluding hydrogens is 226 g/mol. The van der Waals surface area contributed by atoms with Crippen LogP contribution in [0, 0.1) is 0 Å². The highest BCUT2D eigenvalue weighted by molar-refractivity contribution is 5.04. The smallest absolute Gasteiger partial charge is 0.0947 e. The van der Waals surface area contributed by atoms with E-state index in [1.54, 1.807) is 12.5 Å². The van der Waals surface area contributed by atoms with Crippen LogP contribution in [0.2, 0.25) is 0 Å². The zero-order valence-corrected chi connectivity index (χ0v) is 11.6. The molecule has 0 aromatic carbocycles. The van der Waals surface area contributed by atoms with Gasteiger partial charge >= 0.3 is 0 Å². The number of nitrogens with zero attached hydrogens (tertiary/aromatic N) is 2. The minimum atomic E-state index is 0.722. The Hall–Kier alpha value is -0.840. The number of nitrogens with one attached hydrogen (secondary N) is 1. The van der Waals surface area contributed by atoms with E-state index in [0.717, 1.165) is 25.7 Å². The fourth-order valence-corrected chi connectivity index (χ4v) is 2.56. The number of likely N-dealkylation sites (N-methyl/N-ethyl adjacent to an activating group) is 2. The van der Waals surface area contributed by atoms with Crippen molar-refractivity contribution in [2.24, 2.45) is 0 Å². The van der Waals surface area contributed by atoms with Crippen LogP contribution in [0.5, 0.6) is 0 Å². The average Bonchev–Trinajstić information content (AvgIpc) is 2.87.